The van der Waals surface area contributed by atoms with Crippen LogP contribution in [0.3, 0.4) is 0 Å². The molecule has 8 heteroatoms. The molecule has 0 atom stereocenters. The maximum atomic E-state index is 12.2. The molecule has 120 valence electrons. The number of alkyl halides is 3. The summed E-state index contributed by atoms with van der Waals surface area (Å²) in [6.07, 6.45) is 2.19. The highest BCUT2D eigenvalue weighted by Crippen LogP contribution is 2.26. The molecule has 0 spiro atoms. The lowest BCUT2D eigenvalue weighted by Gasteiger charge is -2.16. The van der Waals surface area contributed by atoms with E-state index in [0.29, 0.717) is 12.2 Å². The first-order chi connectivity index (χ1) is 10.5. The number of ether oxygens (including phenoxy) is 1. The quantitative estimate of drug-likeness (QED) is 0.923. The second-order valence-electron chi connectivity index (χ2n) is 5.40. The minimum atomic E-state index is -4.71. The number of likely N-dealkylation sites (tertiary alicyclic amines) is 1. The van der Waals surface area contributed by atoms with E-state index in [1.807, 2.05) is 6.20 Å². The lowest BCUT2D eigenvalue weighted by Crippen LogP contribution is -2.29. The summed E-state index contributed by atoms with van der Waals surface area (Å²) in [4.78, 5) is 6.17. The zero-order valence-electron chi connectivity index (χ0n) is 11.9. The predicted octanol–water partition coefficient (Wildman–Crippen LogP) is 2.28. The van der Waals surface area contributed by atoms with Crippen molar-refractivity contribution in [2.75, 3.05) is 31.2 Å². The summed E-state index contributed by atoms with van der Waals surface area (Å²) in [5.74, 6) is -0.326. The van der Waals surface area contributed by atoms with Crippen LogP contribution in [0.25, 0.3) is 0 Å². The van der Waals surface area contributed by atoms with Crippen LogP contribution in [0.5, 0.6) is 5.75 Å². The summed E-state index contributed by atoms with van der Waals surface area (Å²) in [7, 11) is 0. The van der Waals surface area contributed by atoms with Crippen molar-refractivity contribution in [1.29, 1.82) is 0 Å². The van der Waals surface area contributed by atoms with E-state index >= 15 is 0 Å². The van der Waals surface area contributed by atoms with Gasteiger partial charge in [-0.05, 0) is 31.5 Å². The highest BCUT2D eigenvalue weighted by atomic mass is 19.4. The van der Waals surface area contributed by atoms with Crippen LogP contribution in [0, 0.1) is 0 Å². The summed E-state index contributed by atoms with van der Waals surface area (Å²) < 4.78 is 40.6. The fourth-order valence-electron chi connectivity index (χ4n) is 2.68. The number of hydrazine groups is 1. The predicted molar refractivity (Wildman–Crippen MR) is 75.2 cm³/mol. The number of halogens is 3. The van der Waals surface area contributed by atoms with Gasteiger partial charge in [0.2, 0.25) is 0 Å². The van der Waals surface area contributed by atoms with Crippen molar-refractivity contribution in [1.82, 2.24) is 15.3 Å². The third-order valence-corrected chi connectivity index (χ3v) is 3.62. The molecule has 1 saturated heterocycles. The van der Waals surface area contributed by atoms with Crippen molar-refractivity contribution in [3.63, 3.8) is 0 Å². The van der Waals surface area contributed by atoms with Crippen LogP contribution in [0.1, 0.15) is 12.8 Å². The monoisotopic (exact) mass is 314 g/mol. The van der Waals surface area contributed by atoms with Crippen molar-refractivity contribution in [2.24, 2.45) is 0 Å². The summed E-state index contributed by atoms with van der Waals surface area (Å²) in [6, 6.07) is 1.31. The Labute approximate surface area is 126 Å². The van der Waals surface area contributed by atoms with Crippen LogP contribution < -0.4 is 15.2 Å². The van der Waals surface area contributed by atoms with Gasteiger partial charge in [-0.3, -0.25) is 14.9 Å². The minimum absolute atomic E-state index is 0.326. The van der Waals surface area contributed by atoms with E-state index in [1.54, 1.807) is 5.01 Å². The molecule has 3 rings (SSSR count). The van der Waals surface area contributed by atoms with Crippen molar-refractivity contribution in [3.05, 3.63) is 30.2 Å². The standard InChI is InChI=1S/C14H17F3N4O/c15-14(16,17)22-13-5-12(7-18-8-13)21-10-11(6-19-21)9-20-3-1-2-4-20/h5,7-8,10,19H,1-4,6,9H2. The molecule has 5 nitrogen and oxygen atoms in total. The fraction of sp³-hybridized carbons (Fsp3) is 0.500. The van der Waals surface area contributed by atoms with Gasteiger partial charge in [-0.2, -0.15) is 0 Å². The van der Waals surface area contributed by atoms with E-state index in [1.165, 1.54) is 30.7 Å². The summed E-state index contributed by atoms with van der Waals surface area (Å²) in [6.45, 7) is 3.78. The molecule has 0 radical (unpaired) electrons. The highest BCUT2D eigenvalue weighted by molar-refractivity contribution is 5.51. The van der Waals surface area contributed by atoms with Gasteiger partial charge < -0.3 is 4.74 Å². The Hall–Kier alpha value is -1.80. The van der Waals surface area contributed by atoms with Gasteiger partial charge in [0.15, 0.2) is 0 Å². The van der Waals surface area contributed by atoms with Crippen LogP contribution in [-0.2, 0) is 0 Å². The van der Waals surface area contributed by atoms with E-state index in [4.69, 9.17) is 0 Å². The zero-order valence-corrected chi connectivity index (χ0v) is 11.9. The minimum Gasteiger partial charge on any atom is -0.404 e. The summed E-state index contributed by atoms with van der Waals surface area (Å²) >= 11 is 0. The second-order valence-corrected chi connectivity index (χ2v) is 5.40. The largest absolute Gasteiger partial charge is 0.573 e. The topological polar surface area (TPSA) is 40.6 Å². The van der Waals surface area contributed by atoms with Gasteiger partial charge in [0, 0.05) is 25.4 Å². The van der Waals surface area contributed by atoms with Crippen molar-refractivity contribution >= 4 is 5.69 Å². The maximum absolute atomic E-state index is 12.2. The van der Waals surface area contributed by atoms with Gasteiger partial charge in [-0.15, -0.1) is 13.2 Å². The van der Waals surface area contributed by atoms with Crippen molar-refractivity contribution in [3.8, 4) is 5.75 Å². The molecule has 0 unspecified atom stereocenters. The first-order valence-corrected chi connectivity index (χ1v) is 7.15. The molecule has 1 N–H and O–H groups in total. The first-order valence-electron chi connectivity index (χ1n) is 7.15. The molecule has 1 fully saturated rings. The third kappa shape index (κ3) is 3.89. The Morgan fingerprint density at radius 2 is 2.00 bits per heavy atom. The number of anilines is 1. The van der Waals surface area contributed by atoms with Gasteiger partial charge >= 0.3 is 6.36 Å². The molecule has 2 aliphatic rings. The molecule has 1 aromatic rings. The number of hydrogen-bond donors (Lipinski definition) is 1. The molecule has 0 aliphatic carbocycles. The SMILES string of the molecule is FC(F)(F)Oc1cncc(N2C=C(CN3CCCC3)CN2)c1. The van der Waals surface area contributed by atoms with E-state index in [2.05, 4.69) is 20.0 Å². The van der Waals surface area contributed by atoms with Gasteiger partial charge in [-0.25, -0.2) is 5.43 Å². The molecule has 0 amide bonds. The molecular formula is C14H17F3N4O. The number of nitrogens with one attached hydrogen (secondary N) is 1. The first kappa shape index (κ1) is 15.1. The average molecular weight is 314 g/mol. The van der Waals surface area contributed by atoms with Crippen LogP contribution in [0.4, 0.5) is 18.9 Å². The van der Waals surface area contributed by atoms with Crippen LogP contribution >= 0.6 is 0 Å². The Morgan fingerprint density at radius 1 is 1.23 bits per heavy atom. The molecule has 22 heavy (non-hydrogen) atoms. The molecule has 0 bridgehead atoms. The van der Waals surface area contributed by atoms with Gasteiger partial charge in [0.1, 0.15) is 5.75 Å². The second kappa shape index (κ2) is 6.13. The van der Waals surface area contributed by atoms with Crippen LogP contribution in [0.2, 0.25) is 0 Å². The number of pyridine rings is 1. The van der Waals surface area contributed by atoms with Crippen LogP contribution in [0.15, 0.2) is 30.2 Å². The normalized spacial score (nSPS) is 19.6. The molecule has 1 aromatic heterocycles. The number of aromatic nitrogens is 1. The lowest BCUT2D eigenvalue weighted by atomic mass is 10.3. The van der Waals surface area contributed by atoms with E-state index in [9.17, 15) is 13.2 Å². The van der Waals surface area contributed by atoms with E-state index in [-0.39, 0.29) is 5.75 Å². The molecule has 3 heterocycles. The molecular weight excluding hydrogens is 297 g/mol. The zero-order chi connectivity index (χ0) is 15.6. The van der Waals surface area contributed by atoms with Gasteiger partial charge in [0.25, 0.3) is 0 Å². The Morgan fingerprint density at radius 3 is 2.73 bits per heavy atom. The van der Waals surface area contributed by atoms with Gasteiger partial charge in [0.05, 0.1) is 18.1 Å². The number of rotatable bonds is 4. The third-order valence-electron chi connectivity index (χ3n) is 3.62. The van der Waals surface area contributed by atoms with Crippen molar-refractivity contribution < 1.29 is 17.9 Å². The molecule has 2 aliphatic heterocycles. The maximum Gasteiger partial charge on any atom is 0.573 e. The number of hydrogen-bond acceptors (Lipinski definition) is 5. The lowest BCUT2D eigenvalue weighted by molar-refractivity contribution is -0.274. The summed E-state index contributed by atoms with van der Waals surface area (Å²) in [5.41, 5.74) is 4.83. The Kier molecular flexibility index (Phi) is 4.21. The average Bonchev–Trinajstić information content (AvgIpc) is 3.09. The van der Waals surface area contributed by atoms with E-state index < -0.39 is 6.36 Å². The van der Waals surface area contributed by atoms with E-state index in [0.717, 1.165) is 25.8 Å². The number of nitrogens with zero attached hydrogens (tertiary/aromatic N) is 3. The molecule has 0 saturated carbocycles. The van der Waals surface area contributed by atoms with Gasteiger partial charge in [-0.1, -0.05) is 0 Å². The molecule has 0 aromatic carbocycles. The Bertz CT molecular complexity index is 555. The Balaban J connectivity index is 1.66. The van der Waals surface area contributed by atoms with Crippen molar-refractivity contribution in [2.45, 2.75) is 19.2 Å². The summed E-state index contributed by atoms with van der Waals surface area (Å²) in [5, 5.41) is 1.68. The highest BCUT2D eigenvalue weighted by Gasteiger charge is 2.31. The fourth-order valence-corrected chi connectivity index (χ4v) is 2.68. The van der Waals surface area contributed by atoms with Crippen LogP contribution in [-0.4, -0.2) is 42.4 Å². The smallest absolute Gasteiger partial charge is 0.404 e.